The molecule has 0 radical (unpaired) electrons. The number of fused-ring (bicyclic) bond motifs is 1. The maximum atomic E-state index is 12.9. The van der Waals surface area contributed by atoms with E-state index in [0.717, 1.165) is 36.2 Å². The van der Waals surface area contributed by atoms with E-state index in [1.165, 1.54) is 0 Å². The third-order valence-electron chi connectivity index (χ3n) is 4.38. The van der Waals surface area contributed by atoms with Crippen LogP contribution in [0.1, 0.15) is 34.6 Å². The number of hydrogen-bond donors (Lipinski definition) is 2. The van der Waals surface area contributed by atoms with Gasteiger partial charge in [0.15, 0.2) is 5.69 Å². The van der Waals surface area contributed by atoms with Crippen LogP contribution in [-0.4, -0.2) is 57.1 Å². The molecule has 24 heavy (non-hydrogen) atoms. The minimum Gasteiger partial charge on any atom is -0.396 e. The lowest BCUT2D eigenvalue weighted by Crippen LogP contribution is -2.35. The number of para-hydroxylation sites is 1. The Bertz CT molecular complexity index is 697. The second-order valence-electron chi connectivity index (χ2n) is 5.97. The molecule has 1 aliphatic carbocycles. The zero-order valence-corrected chi connectivity index (χ0v) is 13.7. The van der Waals surface area contributed by atoms with Crippen LogP contribution in [-0.2, 0) is 12.8 Å². The van der Waals surface area contributed by atoms with Gasteiger partial charge in [0.1, 0.15) is 0 Å². The molecule has 2 N–H and O–H groups in total. The molecule has 3 rings (SSSR count). The number of carbonyl (C=O) groups is 1. The van der Waals surface area contributed by atoms with Gasteiger partial charge in [0.05, 0.1) is 12.3 Å². The smallest absolute Gasteiger partial charge is 0.274 e. The van der Waals surface area contributed by atoms with Crippen molar-refractivity contribution in [2.24, 2.45) is 0 Å². The molecule has 0 unspecified atom stereocenters. The van der Waals surface area contributed by atoms with Gasteiger partial charge in [-0.05, 0) is 37.8 Å². The van der Waals surface area contributed by atoms with Gasteiger partial charge >= 0.3 is 0 Å². The molecule has 1 aromatic carbocycles. The summed E-state index contributed by atoms with van der Waals surface area (Å²) in [6, 6.07) is 9.84. The normalized spacial score (nSPS) is 13.1. The van der Waals surface area contributed by atoms with Gasteiger partial charge in [-0.2, -0.15) is 5.10 Å². The van der Waals surface area contributed by atoms with E-state index < -0.39 is 0 Å². The molecular formula is C18H23N3O3. The van der Waals surface area contributed by atoms with Crippen molar-refractivity contribution in [3.63, 3.8) is 0 Å². The molecule has 0 aliphatic heterocycles. The third-order valence-corrected chi connectivity index (χ3v) is 4.38. The van der Waals surface area contributed by atoms with Crippen LogP contribution in [0.25, 0.3) is 5.69 Å². The maximum Gasteiger partial charge on any atom is 0.274 e. The van der Waals surface area contributed by atoms with Crippen LogP contribution in [0.5, 0.6) is 0 Å². The first-order chi connectivity index (χ1) is 11.8. The van der Waals surface area contributed by atoms with E-state index in [9.17, 15) is 9.90 Å². The first-order valence-electron chi connectivity index (χ1n) is 8.43. The fraction of sp³-hybridized carbons (Fsp3) is 0.444. The lowest BCUT2D eigenvalue weighted by molar-refractivity contribution is 0.0702. The van der Waals surface area contributed by atoms with Crippen LogP contribution in [0.2, 0.25) is 0 Å². The Morgan fingerprint density at radius 3 is 2.62 bits per heavy atom. The van der Waals surface area contributed by atoms with E-state index in [-0.39, 0.29) is 25.7 Å². The summed E-state index contributed by atoms with van der Waals surface area (Å²) in [6.07, 6.45) is 3.29. The fourth-order valence-corrected chi connectivity index (χ4v) is 3.24. The fourth-order valence-electron chi connectivity index (χ4n) is 3.24. The second kappa shape index (κ2) is 7.59. The summed E-state index contributed by atoms with van der Waals surface area (Å²) in [7, 11) is 0. The van der Waals surface area contributed by atoms with E-state index in [0.29, 0.717) is 18.7 Å². The Hall–Kier alpha value is -2.18. The van der Waals surface area contributed by atoms with Gasteiger partial charge in [0, 0.05) is 31.0 Å². The van der Waals surface area contributed by atoms with Crippen molar-refractivity contribution in [3.05, 3.63) is 47.3 Å². The molecule has 1 aliphatic rings. The number of rotatable bonds is 7. The summed E-state index contributed by atoms with van der Waals surface area (Å²) >= 11 is 0. The molecule has 6 heteroatoms. The van der Waals surface area contributed by atoms with E-state index in [2.05, 4.69) is 5.10 Å². The molecule has 1 heterocycles. The predicted octanol–water partition coefficient (Wildman–Crippen LogP) is 1.18. The highest BCUT2D eigenvalue weighted by molar-refractivity contribution is 5.94. The first-order valence-corrected chi connectivity index (χ1v) is 8.43. The number of aliphatic hydroxyl groups is 2. The van der Waals surface area contributed by atoms with Crippen LogP contribution < -0.4 is 0 Å². The van der Waals surface area contributed by atoms with Gasteiger partial charge < -0.3 is 15.1 Å². The average Bonchev–Trinajstić information content (AvgIpc) is 3.21. The molecule has 1 aromatic heterocycles. The Kier molecular flexibility index (Phi) is 5.27. The number of hydrogen-bond acceptors (Lipinski definition) is 4. The number of aromatic nitrogens is 2. The molecule has 0 saturated carbocycles. The number of benzene rings is 1. The molecule has 0 fully saturated rings. The topological polar surface area (TPSA) is 78.6 Å². The van der Waals surface area contributed by atoms with E-state index >= 15 is 0 Å². The molecular weight excluding hydrogens is 306 g/mol. The summed E-state index contributed by atoms with van der Waals surface area (Å²) < 4.78 is 1.87. The minimum absolute atomic E-state index is 0.0196. The third kappa shape index (κ3) is 3.20. The van der Waals surface area contributed by atoms with Crippen LogP contribution in [0, 0.1) is 0 Å². The lowest BCUT2D eigenvalue weighted by Gasteiger charge is -2.20. The van der Waals surface area contributed by atoms with Gasteiger partial charge in [0.2, 0.25) is 0 Å². The number of carbonyl (C=O) groups excluding carboxylic acids is 1. The van der Waals surface area contributed by atoms with E-state index in [1.54, 1.807) is 4.90 Å². The maximum absolute atomic E-state index is 12.9. The minimum atomic E-state index is -0.162. The highest BCUT2D eigenvalue weighted by Crippen LogP contribution is 2.28. The Balaban J connectivity index is 1.95. The monoisotopic (exact) mass is 329 g/mol. The van der Waals surface area contributed by atoms with Gasteiger partial charge in [-0.1, -0.05) is 18.2 Å². The van der Waals surface area contributed by atoms with Crippen molar-refractivity contribution >= 4 is 5.91 Å². The van der Waals surface area contributed by atoms with Gasteiger partial charge in [-0.3, -0.25) is 4.79 Å². The van der Waals surface area contributed by atoms with Gasteiger partial charge in [-0.25, -0.2) is 4.68 Å². The lowest BCUT2D eigenvalue weighted by atomic mass is 10.1. The summed E-state index contributed by atoms with van der Waals surface area (Å²) in [6.45, 7) is 0.596. The Labute approximate surface area is 141 Å². The summed E-state index contributed by atoms with van der Waals surface area (Å²) in [5.74, 6) is -0.162. The predicted molar refractivity (Wildman–Crippen MR) is 90.3 cm³/mol. The van der Waals surface area contributed by atoms with Crippen molar-refractivity contribution in [1.29, 1.82) is 0 Å². The second-order valence-corrected chi connectivity index (χ2v) is 5.97. The molecule has 128 valence electrons. The zero-order valence-electron chi connectivity index (χ0n) is 13.7. The highest BCUT2D eigenvalue weighted by Gasteiger charge is 2.29. The summed E-state index contributed by atoms with van der Waals surface area (Å²) in [4.78, 5) is 14.5. The summed E-state index contributed by atoms with van der Waals surface area (Å²) in [5, 5.41) is 22.8. The van der Waals surface area contributed by atoms with Crippen molar-refractivity contribution in [1.82, 2.24) is 14.7 Å². The summed E-state index contributed by atoms with van der Waals surface area (Å²) in [5.41, 5.74) is 3.57. The first kappa shape index (κ1) is 16.7. The average molecular weight is 329 g/mol. The van der Waals surface area contributed by atoms with Gasteiger partial charge in [0.25, 0.3) is 5.91 Å². The van der Waals surface area contributed by atoms with Crippen LogP contribution in [0.4, 0.5) is 0 Å². The van der Waals surface area contributed by atoms with Crippen molar-refractivity contribution < 1.29 is 15.0 Å². The molecule has 6 nitrogen and oxygen atoms in total. The Morgan fingerprint density at radius 2 is 1.92 bits per heavy atom. The van der Waals surface area contributed by atoms with Crippen LogP contribution >= 0.6 is 0 Å². The van der Waals surface area contributed by atoms with E-state index in [4.69, 9.17) is 5.11 Å². The number of aliphatic hydroxyl groups excluding tert-OH is 2. The molecule has 1 amide bonds. The molecule has 0 saturated heterocycles. The van der Waals surface area contributed by atoms with E-state index in [1.807, 2.05) is 35.0 Å². The van der Waals surface area contributed by atoms with Crippen molar-refractivity contribution in [2.75, 3.05) is 26.3 Å². The molecule has 2 aromatic rings. The Morgan fingerprint density at radius 1 is 1.12 bits per heavy atom. The molecule has 0 spiro atoms. The van der Waals surface area contributed by atoms with Gasteiger partial charge in [-0.15, -0.1) is 0 Å². The number of amides is 1. The zero-order chi connectivity index (χ0) is 16.9. The van der Waals surface area contributed by atoms with Crippen molar-refractivity contribution in [2.45, 2.75) is 25.7 Å². The van der Waals surface area contributed by atoms with Crippen LogP contribution in [0.3, 0.4) is 0 Å². The largest absolute Gasteiger partial charge is 0.396 e. The highest BCUT2D eigenvalue weighted by atomic mass is 16.3. The van der Waals surface area contributed by atoms with Crippen molar-refractivity contribution in [3.8, 4) is 5.69 Å². The molecule has 0 bridgehead atoms. The quantitative estimate of drug-likeness (QED) is 0.799. The SMILES string of the molecule is O=C(c1nn(-c2ccccc2)c2c1CCC2)N(CCO)CCCO. The molecule has 0 atom stereocenters. The standard InChI is InChI=1S/C18H23N3O3/c22-12-5-10-20(11-13-23)18(24)17-15-8-4-9-16(15)21(19-17)14-6-2-1-3-7-14/h1-3,6-7,22-23H,4-5,8-13H2. The number of nitrogens with zero attached hydrogens (tertiary/aromatic N) is 3. The van der Waals surface area contributed by atoms with Crippen LogP contribution in [0.15, 0.2) is 30.3 Å².